The number of ether oxygens (including phenoxy) is 1. The van der Waals surface area contributed by atoms with E-state index in [1.165, 1.54) is 7.11 Å². The smallest absolute Gasteiger partial charge is 0.249 e. The molecule has 7 heteroatoms. The molecule has 0 spiro atoms. The molecule has 0 radical (unpaired) electrons. The number of carbonyl (C=O) groups is 1. The van der Waals surface area contributed by atoms with Gasteiger partial charge in [-0.05, 0) is 32.9 Å². The van der Waals surface area contributed by atoms with Crippen molar-refractivity contribution in [2.24, 2.45) is 0 Å². The normalized spacial score (nSPS) is 12.0. The van der Waals surface area contributed by atoms with Crippen molar-refractivity contribution in [3.8, 4) is 5.75 Å². The van der Waals surface area contributed by atoms with Crippen LogP contribution in [0, 0.1) is 13.8 Å². The van der Waals surface area contributed by atoms with Crippen LogP contribution in [0.3, 0.4) is 0 Å². The molecule has 1 amide bonds. The summed E-state index contributed by atoms with van der Waals surface area (Å²) in [4.78, 5) is 16.5. The summed E-state index contributed by atoms with van der Waals surface area (Å²) in [6, 6.07) is 4.59. The van der Waals surface area contributed by atoms with Gasteiger partial charge in [-0.1, -0.05) is 0 Å². The summed E-state index contributed by atoms with van der Waals surface area (Å²) < 4.78 is 6.80. The monoisotopic (exact) mass is 289 g/mol. The van der Waals surface area contributed by atoms with Crippen LogP contribution in [0.15, 0.2) is 18.2 Å². The van der Waals surface area contributed by atoms with Crippen molar-refractivity contribution >= 4 is 17.3 Å². The Balaban J connectivity index is 2.20. The van der Waals surface area contributed by atoms with Gasteiger partial charge in [0.25, 0.3) is 0 Å². The number of aromatic nitrogens is 3. The van der Waals surface area contributed by atoms with Crippen molar-refractivity contribution in [2.45, 2.75) is 26.8 Å². The van der Waals surface area contributed by atoms with Crippen LogP contribution >= 0.6 is 0 Å². The Morgan fingerprint density at radius 1 is 1.43 bits per heavy atom. The Morgan fingerprint density at radius 2 is 2.14 bits per heavy atom. The highest BCUT2D eigenvalue weighted by Gasteiger charge is 2.19. The minimum absolute atomic E-state index is 0.203. The van der Waals surface area contributed by atoms with E-state index in [9.17, 15) is 4.79 Å². The lowest BCUT2D eigenvalue weighted by molar-refractivity contribution is -0.119. The lowest BCUT2D eigenvalue weighted by Gasteiger charge is -2.15. The second-order valence-electron chi connectivity index (χ2n) is 4.78. The average molecular weight is 289 g/mol. The van der Waals surface area contributed by atoms with Gasteiger partial charge < -0.3 is 15.8 Å². The number of aryl methyl sites for hydroxylation is 2. The topological polar surface area (TPSA) is 95.1 Å². The number of hydrogen-bond donors (Lipinski definition) is 2. The molecule has 0 aliphatic carbocycles. The quantitative estimate of drug-likeness (QED) is 0.835. The van der Waals surface area contributed by atoms with Crippen LogP contribution in [0.1, 0.15) is 24.6 Å². The number of anilines is 2. The van der Waals surface area contributed by atoms with Gasteiger partial charge in [0, 0.05) is 11.8 Å². The molecule has 1 atom stereocenters. The first kappa shape index (κ1) is 14.8. The summed E-state index contributed by atoms with van der Waals surface area (Å²) in [6.07, 6.45) is 0. The Hall–Kier alpha value is -2.57. The van der Waals surface area contributed by atoms with E-state index in [-0.39, 0.29) is 5.91 Å². The fraction of sp³-hybridized carbons (Fsp3) is 0.357. The van der Waals surface area contributed by atoms with E-state index in [2.05, 4.69) is 15.4 Å². The number of hydrogen-bond acceptors (Lipinski definition) is 5. The van der Waals surface area contributed by atoms with Crippen LogP contribution in [-0.2, 0) is 4.79 Å². The number of carbonyl (C=O) groups excluding carboxylic acids is 1. The predicted octanol–water partition coefficient (Wildman–Crippen LogP) is 1.69. The fourth-order valence-corrected chi connectivity index (χ4v) is 2.06. The molecule has 1 heterocycles. The van der Waals surface area contributed by atoms with E-state index in [1.54, 1.807) is 36.7 Å². The van der Waals surface area contributed by atoms with E-state index in [0.717, 1.165) is 0 Å². The van der Waals surface area contributed by atoms with E-state index < -0.39 is 6.04 Å². The maximum atomic E-state index is 12.3. The summed E-state index contributed by atoms with van der Waals surface area (Å²) in [6.45, 7) is 5.37. The van der Waals surface area contributed by atoms with E-state index >= 15 is 0 Å². The number of benzene rings is 1. The highest BCUT2D eigenvalue weighted by atomic mass is 16.5. The number of nitrogens with two attached hydrogens (primary N) is 1. The Kier molecular flexibility index (Phi) is 4.11. The molecule has 0 aliphatic rings. The van der Waals surface area contributed by atoms with Crippen LogP contribution in [0.5, 0.6) is 5.75 Å². The molecule has 0 aliphatic heterocycles. The predicted molar refractivity (Wildman–Crippen MR) is 80.2 cm³/mol. The molecule has 2 aromatic rings. The van der Waals surface area contributed by atoms with Crippen molar-refractivity contribution in [1.29, 1.82) is 0 Å². The van der Waals surface area contributed by atoms with Crippen molar-refractivity contribution in [3.63, 3.8) is 0 Å². The lowest BCUT2D eigenvalue weighted by atomic mass is 10.2. The number of nitrogens with zero attached hydrogens (tertiary/aromatic N) is 3. The number of nitrogens with one attached hydrogen (secondary N) is 1. The molecular weight excluding hydrogens is 270 g/mol. The van der Waals surface area contributed by atoms with Crippen LogP contribution in [0.4, 0.5) is 11.4 Å². The van der Waals surface area contributed by atoms with Crippen molar-refractivity contribution in [1.82, 2.24) is 14.8 Å². The Labute approximate surface area is 123 Å². The third-order valence-electron chi connectivity index (χ3n) is 3.14. The molecule has 0 saturated carbocycles. The molecule has 3 N–H and O–H groups in total. The van der Waals surface area contributed by atoms with Gasteiger partial charge in [-0.15, -0.1) is 0 Å². The van der Waals surface area contributed by atoms with Crippen LogP contribution in [0.2, 0.25) is 0 Å². The zero-order valence-corrected chi connectivity index (χ0v) is 12.5. The zero-order valence-electron chi connectivity index (χ0n) is 12.5. The second kappa shape index (κ2) is 5.82. The standard InChI is InChI=1S/C14H19N5O2/c1-8(19-10(3)16-9(2)18-19)14(20)17-12-6-5-11(15)7-13(12)21-4/h5-8H,15H2,1-4H3,(H,17,20). The molecule has 1 unspecified atom stereocenters. The number of rotatable bonds is 4. The highest BCUT2D eigenvalue weighted by molar-refractivity contribution is 5.95. The molecule has 1 aromatic heterocycles. The van der Waals surface area contributed by atoms with Gasteiger partial charge >= 0.3 is 0 Å². The second-order valence-corrected chi connectivity index (χ2v) is 4.78. The van der Waals surface area contributed by atoms with E-state index in [0.29, 0.717) is 28.8 Å². The van der Waals surface area contributed by atoms with Gasteiger partial charge in [-0.2, -0.15) is 5.10 Å². The number of nitrogen functional groups attached to an aromatic ring is 1. The molecular formula is C14H19N5O2. The molecule has 0 fully saturated rings. The SMILES string of the molecule is COc1cc(N)ccc1NC(=O)C(C)n1nc(C)nc1C. The fourth-order valence-electron chi connectivity index (χ4n) is 2.06. The number of methoxy groups -OCH3 is 1. The molecule has 0 saturated heterocycles. The summed E-state index contributed by atoms with van der Waals surface area (Å²) in [5.74, 6) is 1.64. The molecule has 0 bridgehead atoms. The average Bonchev–Trinajstić information content (AvgIpc) is 2.78. The van der Waals surface area contributed by atoms with Gasteiger partial charge in [-0.25, -0.2) is 9.67 Å². The van der Waals surface area contributed by atoms with Crippen LogP contribution in [-0.4, -0.2) is 27.8 Å². The minimum Gasteiger partial charge on any atom is -0.494 e. The van der Waals surface area contributed by atoms with E-state index in [4.69, 9.17) is 10.5 Å². The summed E-state index contributed by atoms with van der Waals surface area (Å²) >= 11 is 0. The first-order valence-corrected chi connectivity index (χ1v) is 6.56. The molecule has 1 aromatic carbocycles. The number of amides is 1. The summed E-state index contributed by atoms with van der Waals surface area (Å²) in [5, 5.41) is 7.04. The van der Waals surface area contributed by atoms with Gasteiger partial charge in [0.2, 0.25) is 5.91 Å². The molecule has 21 heavy (non-hydrogen) atoms. The van der Waals surface area contributed by atoms with E-state index in [1.807, 2.05) is 6.92 Å². The molecule has 2 rings (SSSR count). The third-order valence-corrected chi connectivity index (χ3v) is 3.14. The first-order valence-electron chi connectivity index (χ1n) is 6.56. The summed E-state index contributed by atoms with van der Waals surface area (Å²) in [7, 11) is 1.53. The van der Waals surface area contributed by atoms with Crippen molar-refractivity contribution in [2.75, 3.05) is 18.2 Å². The summed E-state index contributed by atoms with van der Waals surface area (Å²) in [5.41, 5.74) is 6.83. The van der Waals surface area contributed by atoms with Gasteiger partial charge in [-0.3, -0.25) is 4.79 Å². The van der Waals surface area contributed by atoms with Crippen LogP contribution in [0.25, 0.3) is 0 Å². The van der Waals surface area contributed by atoms with Gasteiger partial charge in [0.15, 0.2) is 0 Å². The maximum absolute atomic E-state index is 12.3. The Morgan fingerprint density at radius 3 is 2.71 bits per heavy atom. The largest absolute Gasteiger partial charge is 0.494 e. The van der Waals surface area contributed by atoms with Crippen molar-refractivity contribution in [3.05, 3.63) is 29.8 Å². The maximum Gasteiger partial charge on any atom is 0.249 e. The third kappa shape index (κ3) is 3.13. The lowest BCUT2D eigenvalue weighted by Crippen LogP contribution is -2.25. The Bertz CT molecular complexity index is 665. The highest BCUT2D eigenvalue weighted by Crippen LogP contribution is 2.27. The van der Waals surface area contributed by atoms with Gasteiger partial charge in [0.05, 0.1) is 12.8 Å². The van der Waals surface area contributed by atoms with Crippen molar-refractivity contribution < 1.29 is 9.53 Å². The first-order chi connectivity index (χ1) is 9.92. The van der Waals surface area contributed by atoms with Crippen LogP contribution < -0.4 is 15.8 Å². The zero-order chi connectivity index (χ0) is 15.6. The molecule has 112 valence electrons. The molecule has 7 nitrogen and oxygen atoms in total. The van der Waals surface area contributed by atoms with Gasteiger partial charge in [0.1, 0.15) is 23.4 Å². The minimum atomic E-state index is -0.478.